The third-order valence-electron chi connectivity index (χ3n) is 5.14. The van der Waals surface area contributed by atoms with E-state index in [0.717, 1.165) is 42.9 Å². The molecule has 3 rings (SSSR count). The largest absolute Gasteiger partial charge is 0.489 e. The molecule has 1 aliphatic carbocycles. The minimum Gasteiger partial charge on any atom is -0.489 e. The molecular formula is C23H29N3O3. The highest BCUT2D eigenvalue weighted by molar-refractivity contribution is 5.97. The standard InChI is InChI=1S/C23H29N3O3/c1-17-7-11-20(12-8-17)25-22(27)16-29-26-23(24)19-9-13-21(14-10-19)28-15-18-5-3-2-4-6-18/h2-6,9-10,13-14,17,20H,7-8,11-12,15-16H2,1H3,(H2,24,26)(H,25,27). The molecule has 0 aliphatic heterocycles. The third kappa shape index (κ3) is 6.82. The maximum atomic E-state index is 12.0. The van der Waals surface area contributed by atoms with Crippen molar-refractivity contribution in [2.24, 2.45) is 16.8 Å². The van der Waals surface area contributed by atoms with Crippen LogP contribution in [-0.2, 0) is 16.2 Å². The normalized spacial score (nSPS) is 19.4. The number of carbonyl (C=O) groups excluding carboxylic acids is 1. The van der Waals surface area contributed by atoms with E-state index in [1.54, 1.807) is 0 Å². The summed E-state index contributed by atoms with van der Waals surface area (Å²) in [4.78, 5) is 17.1. The summed E-state index contributed by atoms with van der Waals surface area (Å²) in [6.45, 7) is 2.62. The Morgan fingerprint density at radius 3 is 2.45 bits per heavy atom. The van der Waals surface area contributed by atoms with Crippen LogP contribution in [0.1, 0.15) is 43.7 Å². The van der Waals surface area contributed by atoms with Gasteiger partial charge in [0.2, 0.25) is 0 Å². The lowest BCUT2D eigenvalue weighted by Gasteiger charge is -2.26. The van der Waals surface area contributed by atoms with Crippen molar-refractivity contribution in [3.05, 3.63) is 65.7 Å². The number of nitrogens with one attached hydrogen (secondary N) is 1. The molecule has 2 aromatic carbocycles. The number of hydrogen-bond acceptors (Lipinski definition) is 4. The number of nitrogens with two attached hydrogens (primary N) is 1. The van der Waals surface area contributed by atoms with Crippen LogP contribution < -0.4 is 15.8 Å². The van der Waals surface area contributed by atoms with Gasteiger partial charge in [-0.2, -0.15) is 0 Å². The van der Waals surface area contributed by atoms with Gasteiger partial charge in [0, 0.05) is 11.6 Å². The van der Waals surface area contributed by atoms with Crippen molar-refractivity contribution in [3.63, 3.8) is 0 Å². The molecule has 0 atom stereocenters. The first-order chi connectivity index (χ1) is 14.1. The Bertz CT molecular complexity index is 798. The van der Waals surface area contributed by atoms with E-state index in [-0.39, 0.29) is 24.4 Å². The molecule has 2 aromatic rings. The van der Waals surface area contributed by atoms with E-state index >= 15 is 0 Å². The van der Waals surface area contributed by atoms with Crippen LogP contribution in [0.3, 0.4) is 0 Å². The van der Waals surface area contributed by atoms with Crippen molar-refractivity contribution in [3.8, 4) is 5.75 Å². The average molecular weight is 396 g/mol. The minimum atomic E-state index is -0.161. The number of nitrogens with zero attached hydrogens (tertiary/aromatic N) is 1. The van der Waals surface area contributed by atoms with E-state index in [9.17, 15) is 4.79 Å². The van der Waals surface area contributed by atoms with Crippen molar-refractivity contribution in [1.82, 2.24) is 5.32 Å². The first-order valence-electron chi connectivity index (χ1n) is 10.1. The molecule has 6 heteroatoms. The number of carbonyl (C=O) groups is 1. The summed E-state index contributed by atoms with van der Waals surface area (Å²) >= 11 is 0. The van der Waals surface area contributed by atoms with Gasteiger partial charge in [0.15, 0.2) is 12.4 Å². The third-order valence-corrected chi connectivity index (χ3v) is 5.14. The van der Waals surface area contributed by atoms with Crippen molar-refractivity contribution in [2.75, 3.05) is 6.61 Å². The lowest BCUT2D eigenvalue weighted by atomic mass is 9.87. The molecule has 0 unspecified atom stereocenters. The molecule has 0 spiro atoms. The van der Waals surface area contributed by atoms with Gasteiger partial charge in [0.05, 0.1) is 0 Å². The molecular weight excluding hydrogens is 366 g/mol. The molecule has 0 bridgehead atoms. The molecule has 1 aliphatic rings. The topological polar surface area (TPSA) is 85.9 Å². The zero-order chi connectivity index (χ0) is 20.5. The second kappa shape index (κ2) is 10.5. The van der Waals surface area contributed by atoms with Crippen LogP contribution in [0.4, 0.5) is 0 Å². The number of amidine groups is 1. The maximum absolute atomic E-state index is 12.0. The Labute approximate surface area is 172 Å². The number of hydrogen-bond donors (Lipinski definition) is 2. The minimum absolute atomic E-state index is 0.134. The quantitative estimate of drug-likeness (QED) is 0.406. The summed E-state index contributed by atoms with van der Waals surface area (Å²) in [5, 5.41) is 6.85. The van der Waals surface area contributed by atoms with Crippen molar-refractivity contribution in [2.45, 2.75) is 45.3 Å². The van der Waals surface area contributed by atoms with Crippen LogP contribution in [0, 0.1) is 5.92 Å². The van der Waals surface area contributed by atoms with E-state index in [1.807, 2.05) is 54.6 Å². The lowest BCUT2D eigenvalue weighted by molar-refractivity contribution is -0.126. The second-order valence-corrected chi connectivity index (χ2v) is 7.57. The summed E-state index contributed by atoms with van der Waals surface area (Å²) in [6.07, 6.45) is 4.36. The van der Waals surface area contributed by atoms with Gasteiger partial charge in [-0.15, -0.1) is 0 Å². The first-order valence-corrected chi connectivity index (χ1v) is 10.1. The highest BCUT2D eigenvalue weighted by atomic mass is 16.6. The molecule has 0 heterocycles. The highest BCUT2D eigenvalue weighted by Gasteiger charge is 2.19. The average Bonchev–Trinajstić information content (AvgIpc) is 2.75. The van der Waals surface area contributed by atoms with Gasteiger partial charge >= 0.3 is 0 Å². The van der Waals surface area contributed by atoms with E-state index < -0.39 is 0 Å². The van der Waals surface area contributed by atoms with Gasteiger partial charge in [0.1, 0.15) is 12.4 Å². The second-order valence-electron chi connectivity index (χ2n) is 7.57. The van der Waals surface area contributed by atoms with Gasteiger partial charge in [-0.3, -0.25) is 4.79 Å². The number of amides is 1. The molecule has 1 saturated carbocycles. The highest BCUT2D eigenvalue weighted by Crippen LogP contribution is 2.23. The zero-order valence-corrected chi connectivity index (χ0v) is 16.8. The molecule has 0 saturated heterocycles. The van der Waals surface area contributed by atoms with Crippen LogP contribution >= 0.6 is 0 Å². The fraction of sp³-hybridized carbons (Fsp3) is 0.391. The van der Waals surface area contributed by atoms with Crippen LogP contribution in [0.5, 0.6) is 5.75 Å². The van der Waals surface area contributed by atoms with Crippen molar-refractivity contribution >= 4 is 11.7 Å². The summed E-state index contributed by atoms with van der Waals surface area (Å²) in [7, 11) is 0. The Morgan fingerprint density at radius 1 is 1.07 bits per heavy atom. The molecule has 6 nitrogen and oxygen atoms in total. The SMILES string of the molecule is CC1CCC(NC(=O)CON=C(N)c2ccc(OCc3ccccc3)cc2)CC1. The molecule has 0 radical (unpaired) electrons. The predicted octanol–water partition coefficient (Wildman–Crippen LogP) is 3.60. The van der Waals surface area contributed by atoms with Gasteiger partial charge in [-0.25, -0.2) is 0 Å². The smallest absolute Gasteiger partial charge is 0.260 e. The van der Waals surface area contributed by atoms with Crippen molar-refractivity contribution in [1.29, 1.82) is 0 Å². The molecule has 1 fully saturated rings. The summed E-state index contributed by atoms with van der Waals surface area (Å²) in [6, 6.07) is 17.5. The predicted molar refractivity (Wildman–Crippen MR) is 113 cm³/mol. The number of benzene rings is 2. The van der Waals surface area contributed by atoms with E-state index in [1.165, 1.54) is 0 Å². The maximum Gasteiger partial charge on any atom is 0.260 e. The number of ether oxygens (including phenoxy) is 1. The lowest BCUT2D eigenvalue weighted by Crippen LogP contribution is -2.39. The summed E-state index contributed by atoms with van der Waals surface area (Å²) < 4.78 is 5.75. The van der Waals surface area contributed by atoms with Crippen LogP contribution in [-0.4, -0.2) is 24.4 Å². The monoisotopic (exact) mass is 395 g/mol. The van der Waals surface area contributed by atoms with Crippen LogP contribution in [0.25, 0.3) is 0 Å². The fourth-order valence-electron chi connectivity index (χ4n) is 3.35. The fourth-order valence-corrected chi connectivity index (χ4v) is 3.35. The van der Waals surface area contributed by atoms with Gasteiger partial charge in [0.25, 0.3) is 5.91 Å². The van der Waals surface area contributed by atoms with Crippen LogP contribution in [0.15, 0.2) is 59.8 Å². The Hall–Kier alpha value is -3.02. The Kier molecular flexibility index (Phi) is 7.50. The molecule has 0 aromatic heterocycles. The van der Waals surface area contributed by atoms with Gasteiger partial charge in [-0.05, 0) is 61.4 Å². The molecule has 3 N–H and O–H groups in total. The van der Waals surface area contributed by atoms with Crippen molar-refractivity contribution < 1.29 is 14.4 Å². The Balaban J connectivity index is 1.41. The molecule has 154 valence electrons. The van der Waals surface area contributed by atoms with E-state index in [4.69, 9.17) is 15.3 Å². The first kappa shape index (κ1) is 20.7. The molecule has 1 amide bonds. The summed E-state index contributed by atoms with van der Waals surface area (Å²) in [5.74, 6) is 1.55. The van der Waals surface area contributed by atoms with E-state index in [0.29, 0.717) is 12.2 Å². The van der Waals surface area contributed by atoms with Gasteiger partial charge < -0.3 is 20.6 Å². The van der Waals surface area contributed by atoms with E-state index in [2.05, 4.69) is 17.4 Å². The number of rotatable bonds is 8. The summed E-state index contributed by atoms with van der Waals surface area (Å²) in [5.41, 5.74) is 7.76. The van der Waals surface area contributed by atoms with Gasteiger partial charge in [-0.1, -0.05) is 42.4 Å². The molecule has 29 heavy (non-hydrogen) atoms. The van der Waals surface area contributed by atoms with Crippen LogP contribution in [0.2, 0.25) is 0 Å². The number of oxime groups is 1. The zero-order valence-electron chi connectivity index (χ0n) is 16.8. The Morgan fingerprint density at radius 2 is 1.76 bits per heavy atom.